The molecule has 3 unspecified atom stereocenters. The first-order valence-corrected chi connectivity index (χ1v) is 10.7. The van der Waals surface area contributed by atoms with E-state index in [-0.39, 0.29) is 10.9 Å². The molecule has 0 saturated carbocycles. The van der Waals surface area contributed by atoms with Gasteiger partial charge in [-0.05, 0) is 48.0 Å². The molecule has 8 heteroatoms. The first kappa shape index (κ1) is 20.3. The highest BCUT2D eigenvalue weighted by Gasteiger charge is 2.60. The van der Waals surface area contributed by atoms with Crippen molar-refractivity contribution in [2.24, 2.45) is 5.92 Å². The van der Waals surface area contributed by atoms with Gasteiger partial charge in [0.2, 0.25) is 5.91 Å². The first-order valence-electron chi connectivity index (χ1n) is 9.55. The molecule has 5 nitrogen and oxygen atoms in total. The van der Waals surface area contributed by atoms with E-state index in [1.165, 1.54) is 6.07 Å². The molecule has 0 bridgehead atoms. The van der Waals surface area contributed by atoms with Crippen LogP contribution in [0.3, 0.4) is 0 Å². The molecule has 2 amide bonds. The number of hydrogen-bond donors (Lipinski definition) is 0. The normalized spacial score (nSPS) is 22.9. The second-order valence-corrected chi connectivity index (χ2v) is 8.60. The summed E-state index contributed by atoms with van der Waals surface area (Å²) in [5.74, 6) is -1.59. The Bertz CT molecular complexity index is 1170. The lowest BCUT2D eigenvalue weighted by Gasteiger charge is -2.29. The highest BCUT2D eigenvalue weighted by atomic mass is 35.5. The van der Waals surface area contributed by atoms with Crippen LogP contribution in [0.2, 0.25) is 15.1 Å². The minimum absolute atomic E-state index is 0.220. The summed E-state index contributed by atoms with van der Waals surface area (Å²) in [6.07, 6.45) is -0.972. The fraction of sp³-hybridized carbons (Fsp3) is 0.130. The molecular weight excluding hydrogens is 459 g/mol. The number of benzene rings is 3. The maximum atomic E-state index is 13.5. The zero-order chi connectivity index (χ0) is 21.7. The molecule has 5 rings (SSSR count). The van der Waals surface area contributed by atoms with Gasteiger partial charge in [0.15, 0.2) is 6.10 Å². The van der Waals surface area contributed by atoms with Crippen molar-refractivity contribution in [3.8, 4) is 0 Å². The van der Waals surface area contributed by atoms with E-state index in [0.29, 0.717) is 15.7 Å². The Hall–Kier alpha value is -2.57. The molecule has 2 heterocycles. The van der Waals surface area contributed by atoms with Gasteiger partial charge in [0.25, 0.3) is 5.91 Å². The summed E-state index contributed by atoms with van der Waals surface area (Å²) in [6.45, 7) is 0. The SMILES string of the molecule is O=C1C2ON(c3ccccc3)C(c3ccc(Cl)cc3)C2C(=O)N1c1ccc(Cl)cc1Cl. The van der Waals surface area contributed by atoms with Crippen molar-refractivity contribution < 1.29 is 14.4 Å². The zero-order valence-electron chi connectivity index (χ0n) is 15.9. The molecule has 0 aromatic heterocycles. The Morgan fingerprint density at radius 2 is 1.45 bits per heavy atom. The fourth-order valence-electron chi connectivity index (χ4n) is 4.11. The number of rotatable bonds is 3. The molecule has 3 aromatic carbocycles. The summed E-state index contributed by atoms with van der Waals surface area (Å²) in [5.41, 5.74) is 1.85. The van der Waals surface area contributed by atoms with Crippen LogP contribution in [0.25, 0.3) is 0 Å². The molecule has 156 valence electrons. The summed E-state index contributed by atoms with van der Waals surface area (Å²) in [6, 6.07) is 20.7. The van der Waals surface area contributed by atoms with Gasteiger partial charge >= 0.3 is 0 Å². The number of anilines is 2. The van der Waals surface area contributed by atoms with Gasteiger partial charge in [0.05, 0.1) is 22.4 Å². The van der Waals surface area contributed by atoms with Gasteiger partial charge in [0.1, 0.15) is 5.92 Å². The van der Waals surface area contributed by atoms with E-state index in [1.807, 2.05) is 42.5 Å². The van der Waals surface area contributed by atoms with Crippen molar-refractivity contribution in [2.45, 2.75) is 12.1 Å². The summed E-state index contributed by atoms with van der Waals surface area (Å²) < 4.78 is 0. The van der Waals surface area contributed by atoms with E-state index in [4.69, 9.17) is 39.6 Å². The maximum absolute atomic E-state index is 13.5. The Labute approximate surface area is 193 Å². The number of nitrogens with zero attached hydrogens (tertiary/aromatic N) is 2. The number of amides is 2. The molecule has 0 aliphatic carbocycles. The number of hydroxylamine groups is 1. The van der Waals surface area contributed by atoms with Gasteiger partial charge in [-0.15, -0.1) is 0 Å². The van der Waals surface area contributed by atoms with E-state index in [0.717, 1.165) is 16.2 Å². The van der Waals surface area contributed by atoms with Gasteiger partial charge in [-0.3, -0.25) is 14.4 Å². The number of carbonyl (C=O) groups excluding carboxylic acids is 2. The van der Waals surface area contributed by atoms with E-state index < -0.39 is 24.0 Å². The fourth-order valence-corrected chi connectivity index (χ4v) is 4.73. The minimum atomic E-state index is -0.972. The average Bonchev–Trinajstić information content (AvgIpc) is 3.26. The lowest BCUT2D eigenvalue weighted by atomic mass is 9.90. The Balaban J connectivity index is 1.59. The number of fused-ring (bicyclic) bond motifs is 1. The lowest BCUT2D eigenvalue weighted by molar-refractivity contribution is -0.126. The highest BCUT2D eigenvalue weighted by Crippen LogP contribution is 2.48. The van der Waals surface area contributed by atoms with Crippen LogP contribution in [-0.2, 0) is 14.4 Å². The van der Waals surface area contributed by atoms with Crippen molar-refractivity contribution in [3.05, 3.63) is 93.4 Å². The topological polar surface area (TPSA) is 49.9 Å². The number of para-hydroxylation sites is 1. The van der Waals surface area contributed by atoms with Crippen LogP contribution < -0.4 is 9.96 Å². The molecule has 2 saturated heterocycles. The third-order valence-electron chi connectivity index (χ3n) is 5.49. The van der Waals surface area contributed by atoms with E-state index in [2.05, 4.69) is 0 Å². The Morgan fingerprint density at radius 3 is 2.13 bits per heavy atom. The number of halogens is 3. The third-order valence-corrected chi connectivity index (χ3v) is 6.28. The van der Waals surface area contributed by atoms with Crippen molar-refractivity contribution in [3.63, 3.8) is 0 Å². The quantitative estimate of drug-likeness (QED) is 0.458. The van der Waals surface area contributed by atoms with Crippen LogP contribution in [0.1, 0.15) is 11.6 Å². The number of carbonyl (C=O) groups is 2. The van der Waals surface area contributed by atoms with Crippen molar-refractivity contribution >= 4 is 58.0 Å². The van der Waals surface area contributed by atoms with Crippen LogP contribution in [0, 0.1) is 5.92 Å². The van der Waals surface area contributed by atoms with E-state index in [1.54, 1.807) is 29.3 Å². The zero-order valence-corrected chi connectivity index (χ0v) is 18.2. The molecule has 31 heavy (non-hydrogen) atoms. The average molecular weight is 474 g/mol. The summed E-state index contributed by atoms with van der Waals surface area (Å²) >= 11 is 18.3. The second kappa shape index (κ2) is 7.84. The molecule has 2 fully saturated rings. The predicted molar refractivity (Wildman–Crippen MR) is 120 cm³/mol. The van der Waals surface area contributed by atoms with E-state index >= 15 is 0 Å². The summed E-state index contributed by atoms with van der Waals surface area (Å²) in [4.78, 5) is 34.0. The number of hydrogen-bond acceptors (Lipinski definition) is 4. The van der Waals surface area contributed by atoms with E-state index in [9.17, 15) is 9.59 Å². The maximum Gasteiger partial charge on any atom is 0.266 e. The molecule has 3 aromatic rings. The molecule has 0 radical (unpaired) electrons. The second-order valence-electron chi connectivity index (χ2n) is 7.32. The standard InChI is InChI=1S/C23H15Cl3N2O3/c24-14-8-6-13(7-9-14)20-19-21(31-28(20)16-4-2-1-3-5-16)23(30)27(22(19)29)18-11-10-15(25)12-17(18)26/h1-12,19-21H. The van der Waals surface area contributed by atoms with Crippen molar-refractivity contribution in [1.82, 2.24) is 0 Å². The third kappa shape index (κ3) is 3.38. The van der Waals surface area contributed by atoms with Crippen molar-refractivity contribution in [1.29, 1.82) is 0 Å². The van der Waals surface area contributed by atoms with Gasteiger partial charge in [0, 0.05) is 10.0 Å². The van der Waals surface area contributed by atoms with Gasteiger partial charge in [-0.1, -0.05) is 65.1 Å². The van der Waals surface area contributed by atoms with Crippen LogP contribution in [0.5, 0.6) is 0 Å². The monoisotopic (exact) mass is 472 g/mol. The van der Waals surface area contributed by atoms with Gasteiger partial charge in [-0.2, -0.15) is 0 Å². The Kier molecular flexibility index (Phi) is 5.15. The first-order chi connectivity index (χ1) is 15.0. The summed E-state index contributed by atoms with van der Waals surface area (Å²) in [5, 5.41) is 2.85. The molecule has 0 spiro atoms. The molecule has 2 aliphatic rings. The Morgan fingerprint density at radius 1 is 0.774 bits per heavy atom. The molecule has 3 atom stereocenters. The molecule has 2 aliphatic heterocycles. The smallest absolute Gasteiger partial charge is 0.266 e. The largest absolute Gasteiger partial charge is 0.273 e. The minimum Gasteiger partial charge on any atom is -0.273 e. The lowest BCUT2D eigenvalue weighted by Crippen LogP contribution is -2.37. The highest BCUT2D eigenvalue weighted by molar-refractivity contribution is 6.38. The number of imide groups is 1. The van der Waals surface area contributed by atoms with Gasteiger partial charge in [-0.25, -0.2) is 9.96 Å². The van der Waals surface area contributed by atoms with Crippen LogP contribution in [0.4, 0.5) is 11.4 Å². The van der Waals surface area contributed by atoms with Crippen LogP contribution in [-0.4, -0.2) is 17.9 Å². The molecule has 0 N–H and O–H groups in total. The predicted octanol–water partition coefficient (Wildman–Crippen LogP) is 5.70. The van der Waals surface area contributed by atoms with Crippen molar-refractivity contribution in [2.75, 3.05) is 9.96 Å². The van der Waals surface area contributed by atoms with Crippen LogP contribution in [0.15, 0.2) is 72.8 Å². The van der Waals surface area contributed by atoms with Gasteiger partial charge < -0.3 is 0 Å². The van der Waals surface area contributed by atoms with Crippen LogP contribution >= 0.6 is 34.8 Å². The molecular formula is C23H15Cl3N2O3. The summed E-state index contributed by atoms with van der Waals surface area (Å²) in [7, 11) is 0.